The summed E-state index contributed by atoms with van der Waals surface area (Å²) < 4.78 is 0. The van der Waals surface area contributed by atoms with Gasteiger partial charge in [0.1, 0.15) is 0 Å². The molecule has 2 bridgehead atoms. The van der Waals surface area contributed by atoms with Crippen LogP contribution in [0.1, 0.15) is 6.42 Å². The smallest absolute Gasteiger partial charge is 0.226 e. The Bertz CT molecular complexity index is 233. The molecule has 0 aromatic rings. The Hall–Kier alpha value is -0.790. The molecule has 52 valence electrons. The largest absolute Gasteiger partial charge is 0.352 e. The molecule has 1 saturated heterocycles. The Morgan fingerprint density at radius 2 is 2.20 bits per heavy atom. The van der Waals surface area contributed by atoms with Gasteiger partial charge < -0.3 is 5.32 Å². The van der Waals surface area contributed by atoms with Gasteiger partial charge in [-0.3, -0.25) is 4.79 Å². The van der Waals surface area contributed by atoms with Crippen LogP contribution in [0.3, 0.4) is 0 Å². The van der Waals surface area contributed by atoms with E-state index in [0.29, 0.717) is 23.8 Å². The third-order valence-corrected chi connectivity index (χ3v) is 3.07. The Balaban J connectivity index is 2.03. The highest BCUT2D eigenvalue weighted by Gasteiger charge is 2.54. The van der Waals surface area contributed by atoms with Crippen molar-refractivity contribution in [1.29, 1.82) is 0 Å². The van der Waals surface area contributed by atoms with Gasteiger partial charge in [-0.05, 0) is 18.3 Å². The molecule has 1 heterocycles. The van der Waals surface area contributed by atoms with E-state index in [1.807, 2.05) is 0 Å². The van der Waals surface area contributed by atoms with Crippen LogP contribution in [0.25, 0.3) is 0 Å². The molecule has 0 aromatic carbocycles. The minimum atomic E-state index is 0.279. The van der Waals surface area contributed by atoms with Gasteiger partial charge in [-0.25, -0.2) is 0 Å². The van der Waals surface area contributed by atoms with Gasteiger partial charge in [-0.1, -0.05) is 12.2 Å². The van der Waals surface area contributed by atoms with E-state index in [1.54, 1.807) is 0 Å². The summed E-state index contributed by atoms with van der Waals surface area (Å²) in [7, 11) is 0. The second kappa shape index (κ2) is 1.29. The zero-order chi connectivity index (χ0) is 6.72. The minimum Gasteiger partial charge on any atom is -0.352 e. The van der Waals surface area contributed by atoms with Crippen LogP contribution in [0.4, 0.5) is 0 Å². The fraction of sp³-hybridized carbons (Fsp3) is 0.625. The molecule has 3 aliphatic rings. The number of fused-ring (bicyclic) bond motifs is 5. The number of allylic oxidation sites excluding steroid dienone is 1. The van der Waals surface area contributed by atoms with Crippen LogP contribution in [0.5, 0.6) is 0 Å². The highest BCUT2D eigenvalue weighted by Crippen LogP contribution is 2.47. The lowest BCUT2D eigenvalue weighted by molar-refractivity contribution is -0.135. The number of carbonyl (C=O) groups excluding carboxylic acids is 1. The van der Waals surface area contributed by atoms with Gasteiger partial charge in [0.05, 0.1) is 5.92 Å². The number of amides is 1. The number of hydrogen-bond acceptors (Lipinski definition) is 1. The highest BCUT2D eigenvalue weighted by molar-refractivity contribution is 5.87. The Morgan fingerprint density at radius 1 is 1.40 bits per heavy atom. The quantitative estimate of drug-likeness (QED) is 0.376. The molecule has 2 heteroatoms. The van der Waals surface area contributed by atoms with Crippen molar-refractivity contribution in [2.75, 3.05) is 0 Å². The van der Waals surface area contributed by atoms with Crippen LogP contribution >= 0.6 is 0 Å². The molecule has 1 saturated carbocycles. The molecule has 2 aliphatic carbocycles. The number of nitrogens with one attached hydrogen (secondary N) is 1. The monoisotopic (exact) mass is 135 g/mol. The van der Waals surface area contributed by atoms with E-state index in [1.165, 1.54) is 6.42 Å². The second-order valence-corrected chi connectivity index (χ2v) is 3.51. The van der Waals surface area contributed by atoms with Crippen LogP contribution in [0, 0.1) is 17.8 Å². The zero-order valence-corrected chi connectivity index (χ0v) is 5.58. The third kappa shape index (κ3) is 0.349. The van der Waals surface area contributed by atoms with Crippen molar-refractivity contribution in [1.82, 2.24) is 5.32 Å². The lowest BCUT2D eigenvalue weighted by Crippen LogP contribution is -2.59. The maximum atomic E-state index is 11.0. The van der Waals surface area contributed by atoms with Crippen LogP contribution in [0.15, 0.2) is 12.2 Å². The van der Waals surface area contributed by atoms with Gasteiger partial charge >= 0.3 is 0 Å². The Kier molecular flexibility index (Phi) is 0.636. The Morgan fingerprint density at radius 3 is 2.80 bits per heavy atom. The lowest BCUT2D eigenvalue weighted by atomic mass is 9.82. The average molecular weight is 135 g/mol. The first-order valence-corrected chi connectivity index (χ1v) is 3.85. The van der Waals surface area contributed by atoms with Gasteiger partial charge in [0.25, 0.3) is 0 Å². The first kappa shape index (κ1) is 4.94. The minimum absolute atomic E-state index is 0.279. The molecule has 0 radical (unpaired) electrons. The van der Waals surface area contributed by atoms with Gasteiger partial charge in [-0.15, -0.1) is 0 Å². The van der Waals surface area contributed by atoms with Crippen molar-refractivity contribution in [3.63, 3.8) is 0 Å². The summed E-state index contributed by atoms with van der Waals surface area (Å²) in [5.41, 5.74) is 0. The lowest BCUT2D eigenvalue weighted by Gasteiger charge is -2.37. The second-order valence-electron chi connectivity index (χ2n) is 3.51. The molecule has 2 nitrogen and oxygen atoms in total. The summed E-state index contributed by atoms with van der Waals surface area (Å²) in [5.74, 6) is 1.90. The summed E-state index contributed by atoms with van der Waals surface area (Å²) >= 11 is 0. The molecular formula is C8H9NO. The summed E-state index contributed by atoms with van der Waals surface area (Å²) in [4.78, 5) is 11.0. The molecule has 4 atom stereocenters. The molecule has 1 N–H and O–H groups in total. The number of rotatable bonds is 0. The van der Waals surface area contributed by atoms with Crippen LogP contribution in [-0.2, 0) is 4.79 Å². The standard InChI is InChI=1S/C8H9NO/c10-8-6-4-1-2-5(3-4)7(6)9-8/h1-2,4-7H,3H2,(H,9,10)/t4-,5-,6+,7+/m1/s1. The summed E-state index contributed by atoms with van der Waals surface area (Å²) in [6.07, 6.45) is 5.68. The molecule has 3 rings (SSSR count). The van der Waals surface area contributed by atoms with E-state index in [9.17, 15) is 4.79 Å². The van der Waals surface area contributed by atoms with Crippen molar-refractivity contribution in [3.8, 4) is 0 Å². The van der Waals surface area contributed by atoms with E-state index < -0.39 is 0 Å². The summed E-state index contributed by atoms with van der Waals surface area (Å²) in [5, 5.41) is 2.95. The molecule has 0 aromatic heterocycles. The Labute approximate surface area is 59.3 Å². The topological polar surface area (TPSA) is 29.1 Å². The number of hydrogen-bond donors (Lipinski definition) is 1. The van der Waals surface area contributed by atoms with E-state index in [0.717, 1.165) is 0 Å². The first-order valence-electron chi connectivity index (χ1n) is 3.85. The van der Waals surface area contributed by atoms with E-state index in [-0.39, 0.29) is 5.91 Å². The average Bonchev–Trinajstić information content (AvgIpc) is 2.40. The van der Waals surface area contributed by atoms with Crippen LogP contribution in [0.2, 0.25) is 0 Å². The predicted octanol–water partition coefficient (Wildman–Crippen LogP) is 0.307. The van der Waals surface area contributed by atoms with Gasteiger partial charge in [0.2, 0.25) is 5.91 Å². The van der Waals surface area contributed by atoms with Gasteiger partial charge in [-0.2, -0.15) is 0 Å². The van der Waals surface area contributed by atoms with Crippen molar-refractivity contribution in [2.24, 2.45) is 17.8 Å². The van der Waals surface area contributed by atoms with Crippen molar-refractivity contribution >= 4 is 5.91 Å². The van der Waals surface area contributed by atoms with Crippen molar-refractivity contribution < 1.29 is 4.79 Å². The fourth-order valence-electron chi connectivity index (χ4n) is 2.54. The van der Waals surface area contributed by atoms with Gasteiger partial charge in [0.15, 0.2) is 0 Å². The zero-order valence-electron chi connectivity index (χ0n) is 5.58. The molecule has 10 heavy (non-hydrogen) atoms. The summed E-state index contributed by atoms with van der Waals surface area (Å²) in [6, 6.07) is 0.516. The van der Waals surface area contributed by atoms with E-state index >= 15 is 0 Å². The van der Waals surface area contributed by atoms with Crippen LogP contribution < -0.4 is 5.32 Å². The molecule has 1 amide bonds. The predicted molar refractivity (Wildman–Crippen MR) is 36.2 cm³/mol. The highest BCUT2D eigenvalue weighted by atomic mass is 16.2. The van der Waals surface area contributed by atoms with Gasteiger partial charge in [0, 0.05) is 6.04 Å². The number of carbonyl (C=O) groups is 1. The van der Waals surface area contributed by atoms with Crippen molar-refractivity contribution in [3.05, 3.63) is 12.2 Å². The van der Waals surface area contributed by atoms with Crippen LogP contribution in [-0.4, -0.2) is 11.9 Å². The maximum Gasteiger partial charge on any atom is 0.226 e. The fourth-order valence-corrected chi connectivity index (χ4v) is 2.54. The maximum absolute atomic E-state index is 11.0. The van der Waals surface area contributed by atoms with Crippen molar-refractivity contribution in [2.45, 2.75) is 12.5 Å². The molecule has 1 aliphatic heterocycles. The first-order chi connectivity index (χ1) is 4.86. The third-order valence-electron chi connectivity index (χ3n) is 3.07. The SMILES string of the molecule is O=C1N[C@@H]2[C@@H]1[C@@H]1C=C[C@@H]2C1. The van der Waals surface area contributed by atoms with E-state index in [4.69, 9.17) is 0 Å². The molecule has 2 fully saturated rings. The molecular weight excluding hydrogens is 126 g/mol. The number of β-lactam (4-membered cyclic amide) rings is 1. The normalized spacial score (nSPS) is 54.2. The molecule has 0 spiro atoms. The molecule has 0 unspecified atom stereocenters. The summed E-state index contributed by atoms with van der Waals surface area (Å²) in [6.45, 7) is 0. The van der Waals surface area contributed by atoms with E-state index in [2.05, 4.69) is 17.5 Å².